The smallest absolute Gasteiger partial charge is 0.223 e. The summed E-state index contributed by atoms with van der Waals surface area (Å²) in [5.74, 6) is -0.241. The fraction of sp³-hybridized carbons (Fsp3) is 0.500. The van der Waals surface area contributed by atoms with E-state index in [1.807, 2.05) is 13.8 Å². The summed E-state index contributed by atoms with van der Waals surface area (Å²) in [4.78, 5) is 12.0. The number of carbonyl (C=O) groups excluding carboxylic acids is 1. The van der Waals surface area contributed by atoms with Crippen molar-refractivity contribution in [2.75, 3.05) is 12.3 Å². The maximum atomic E-state index is 12.0. The Bertz CT molecular complexity index is 536. The zero-order valence-corrected chi connectivity index (χ0v) is 13.3. The molecule has 0 aliphatic rings. The van der Waals surface area contributed by atoms with Gasteiger partial charge in [-0.1, -0.05) is 25.4 Å². The van der Waals surface area contributed by atoms with Crippen molar-refractivity contribution in [1.82, 2.24) is 5.32 Å². The number of hydrogen-bond acceptors (Lipinski definition) is 3. The van der Waals surface area contributed by atoms with Gasteiger partial charge in [0, 0.05) is 17.5 Å². The van der Waals surface area contributed by atoms with Crippen molar-refractivity contribution in [3.8, 4) is 0 Å². The lowest BCUT2D eigenvalue weighted by Crippen LogP contribution is -2.33. The Labute approximate surface area is 125 Å². The number of sulfone groups is 1. The van der Waals surface area contributed by atoms with Crippen LogP contribution < -0.4 is 5.32 Å². The Morgan fingerprint density at radius 2 is 1.75 bits per heavy atom. The van der Waals surface area contributed by atoms with Gasteiger partial charge in [0.2, 0.25) is 5.91 Å². The molecule has 20 heavy (non-hydrogen) atoms. The maximum absolute atomic E-state index is 12.0. The number of nitrogens with one attached hydrogen (secondary N) is 1. The molecule has 0 heterocycles. The monoisotopic (exact) mass is 317 g/mol. The average molecular weight is 318 g/mol. The minimum absolute atomic E-state index is 0.0479. The molecule has 4 nitrogen and oxygen atoms in total. The van der Waals surface area contributed by atoms with E-state index in [9.17, 15) is 13.2 Å². The molecule has 0 aromatic heterocycles. The van der Waals surface area contributed by atoms with Crippen LogP contribution in [0.4, 0.5) is 0 Å². The van der Waals surface area contributed by atoms with Crippen LogP contribution in [0.25, 0.3) is 0 Å². The molecule has 1 N–H and O–H groups in total. The van der Waals surface area contributed by atoms with E-state index in [0.717, 1.165) is 12.8 Å². The van der Waals surface area contributed by atoms with E-state index >= 15 is 0 Å². The third kappa shape index (κ3) is 4.80. The fourth-order valence-corrected chi connectivity index (χ4v) is 3.16. The molecule has 0 spiro atoms. The summed E-state index contributed by atoms with van der Waals surface area (Å²) in [6.45, 7) is 4.01. The van der Waals surface area contributed by atoms with Crippen molar-refractivity contribution in [2.24, 2.45) is 5.92 Å². The van der Waals surface area contributed by atoms with Gasteiger partial charge in [-0.3, -0.25) is 4.79 Å². The van der Waals surface area contributed by atoms with Crippen molar-refractivity contribution >= 4 is 27.3 Å². The molecule has 0 aliphatic heterocycles. The average Bonchev–Trinajstić information content (AvgIpc) is 2.40. The molecular weight excluding hydrogens is 298 g/mol. The summed E-state index contributed by atoms with van der Waals surface area (Å²) in [5, 5.41) is 3.17. The van der Waals surface area contributed by atoms with E-state index in [2.05, 4.69) is 5.32 Å². The minimum atomic E-state index is -3.39. The van der Waals surface area contributed by atoms with Gasteiger partial charge in [-0.2, -0.15) is 0 Å². The molecule has 0 atom stereocenters. The maximum Gasteiger partial charge on any atom is 0.223 e. The number of hydrogen-bond donors (Lipinski definition) is 1. The number of halogens is 1. The van der Waals surface area contributed by atoms with Gasteiger partial charge in [0.25, 0.3) is 0 Å². The van der Waals surface area contributed by atoms with Crippen molar-refractivity contribution in [3.63, 3.8) is 0 Å². The van der Waals surface area contributed by atoms with Crippen LogP contribution >= 0.6 is 11.6 Å². The highest BCUT2D eigenvalue weighted by atomic mass is 35.5. The lowest BCUT2D eigenvalue weighted by molar-refractivity contribution is -0.125. The van der Waals surface area contributed by atoms with Gasteiger partial charge in [0.05, 0.1) is 10.6 Å². The lowest BCUT2D eigenvalue weighted by atomic mass is 10.0. The number of amides is 1. The summed E-state index contributed by atoms with van der Waals surface area (Å²) >= 11 is 5.72. The second kappa shape index (κ2) is 7.64. The molecule has 0 radical (unpaired) electrons. The van der Waals surface area contributed by atoms with Crippen molar-refractivity contribution in [2.45, 2.75) is 31.6 Å². The summed E-state index contributed by atoms with van der Waals surface area (Å²) in [5.41, 5.74) is 0. The standard InChI is InChI=1S/C14H20ClNO3S/c1-3-11(4-2)14(17)16-9-10-20(18,19)13-7-5-12(15)6-8-13/h5-8,11H,3-4,9-10H2,1-2H3,(H,16,17). The Balaban J connectivity index is 2.56. The van der Waals surface area contributed by atoms with E-state index in [4.69, 9.17) is 11.6 Å². The Morgan fingerprint density at radius 1 is 1.20 bits per heavy atom. The van der Waals surface area contributed by atoms with E-state index in [0.29, 0.717) is 5.02 Å². The Morgan fingerprint density at radius 3 is 2.25 bits per heavy atom. The van der Waals surface area contributed by atoms with E-state index in [-0.39, 0.29) is 29.0 Å². The normalized spacial score (nSPS) is 11.6. The second-order valence-electron chi connectivity index (χ2n) is 4.58. The molecule has 6 heteroatoms. The first-order chi connectivity index (χ1) is 9.40. The molecule has 0 unspecified atom stereocenters. The van der Waals surface area contributed by atoms with Crippen LogP contribution in [0.3, 0.4) is 0 Å². The van der Waals surface area contributed by atoms with Crippen LogP contribution in [-0.2, 0) is 14.6 Å². The van der Waals surface area contributed by atoms with E-state index < -0.39 is 9.84 Å². The largest absolute Gasteiger partial charge is 0.355 e. The molecule has 1 amide bonds. The molecule has 0 saturated carbocycles. The van der Waals surface area contributed by atoms with E-state index in [1.165, 1.54) is 24.3 Å². The zero-order valence-electron chi connectivity index (χ0n) is 11.7. The van der Waals surface area contributed by atoms with Gasteiger partial charge in [-0.05, 0) is 37.1 Å². The third-order valence-corrected chi connectivity index (χ3v) is 5.18. The molecule has 0 saturated heterocycles. The Kier molecular flexibility index (Phi) is 6.49. The highest BCUT2D eigenvalue weighted by molar-refractivity contribution is 7.91. The minimum Gasteiger partial charge on any atom is -0.355 e. The molecule has 0 fully saturated rings. The SMILES string of the molecule is CCC(CC)C(=O)NCCS(=O)(=O)c1ccc(Cl)cc1. The van der Waals surface area contributed by atoms with Crippen LogP contribution in [0.1, 0.15) is 26.7 Å². The van der Waals surface area contributed by atoms with Crippen molar-refractivity contribution < 1.29 is 13.2 Å². The van der Waals surface area contributed by atoms with Crippen LogP contribution in [0.5, 0.6) is 0 Å². The van der Waals surface area contributed by atoms with Gasteiger partial charge in [-0.15, -0.1) is 0 Å². The predicted octanol–water partition coefficient (Wildman–Crippen LogP) is 2.67. The van der Waals surface area contributed by atoms with Crippen LogP contribution in [-0.4, -0.2) is 26.6 Å². The predicted molar refractivity (Wildman–Crippen MR) is 80.6 cm³/mol. The van der Waals surface area contributed by atoms with Gasteiger partial charge in [0.15, 0.2) is 9.84 Å². The highest BCUT2D eigenvalue weighted by Crippen LogP contribution is 2.15. The van der Waals surface area contributed by atoms with Crippen molar-refractivity contribution in [3.05, 3.63) is 29.3 Å². The first-order valence-corrected chi connectivity index (χ1v) is 8.69. The summed E-state index contributed by atoms with van der Waals surface area (Å²) in [6, 6.07) is 6.02. The summed E-state index contributed by atoms with van der Waals surface area (Å²) < 4.78 is 24.1. The fourth-order valence-electron chi connectivity index (χ4n) is 1.87. The molecule has 1 aromatic carbocycles. The molecular formula is C14H20ClNO3S. The topological polar surface area (TPSA) is 63.2 Å². The molecule has 1 aromatic rings. The number of carbonyl (C=O) groups is 1. The van der Waals surface area contributed by atoms with Crippen molar-refractivity contribution in [1.29, 1.82) is 0 Å². The number of benzene rings is 1. The lowest BCUT2D eigenvalue weighted by Gasteiger charge is -2.12. The number of rotatable bonds is 7. The summed E-state index contributed by atoms with van der Waals surface area (Å²) in [7, 11) is -3.39. The molecule has 1 rings (SSSR count). The van der Waals surface area contributed by atoms with Crippen LogP contribution in [0.15, 0.2) is 29.2 Å². The van der Waals surface area contributed by atoms with Gasteiger partial charge in [-0.25, -0.2) is 8.42 Å². The van der Waals surface area contributed by atoms with Crippen LogP contribution in [0.2, 0.25) is 5.02 Å². The summed E-state index contributed by atoms with van der Waals surface area (Å²) in [6.07, 6.45) is 1.51. The first-order valence-electron chi connectivity index (χ1n) is 6.66. The van der Waals surface area contributed by atoms with Crippen LogP contribution in [0, 0.1) is 5.92 Å². The van der Waals surface area contributed by atoms with Gasteiger partial charge >= 0.3 is 0 Å². The molecule has 0 bridgehead atoms. The Hall–Kier alpha value is -1.07. The second-order valence-corrected chi connectivity index (χ2v) is 7.12. The quantitative estimate of drug-likeness (QED) is 0.841. The van der Waals surface area contributed by atoms with Gasteiger partial charge in [0.1, 0.15) is 0 Å². The third-order valence-electron chi connectivity index (χ3n) is 3.20. The van der Waals surface area contributed by atoms with Gasteiger partial charge < -0.3 is 5.32 Å². The zero-order chi connectivity index (χ0) is 15.2. The highest BCUT2D eigenvalue weighted by Gasteiger charge is 2.17. The van der Waals surface area contributed by atoms with E-state index in [1.54, 1.807) is 0 Å². The first kappa shape index (κ1) is 17.0. The molecule has 112 valence electrons. The molecule has 0 aliphatic carbocycles.